The number of hydrogen-bond donors (Lipinski definition) is 2. The Hall–Kier alpha value is -3.82. The number of fused-ring (bicyclic) bond motifs is 1. The van der Waals surface area contributed by atoms with Crippen molar-refractivity contribution in [2.24, 2.45) is 15.9 Å². The molecule has 2 atom stereocenters. The molecule has 2 heterocycles. The molecule has 152 valence electrons. The van der Waals surface area contributed by atoms with E-state index in [2.05, 4.69) is 15.3 Å². The molecule has 2 N–H and O–H groups in total. The summed E-state index contributed by atoms with van der Waals surface area (Å²) in [6.07, 6.45) is 3.32. The molecule has 6 nitrogen and oxygen atoms in total. The van der Waals surface area contributed by atoms with Gasteiger partial charge in [0.2, 0.25) is 0 Å². The topological polar surface area (TPSA) is 82.9 Å². The van der Waals surface area contributed by atoms with Gasteiger partial charge in [0.1, 0.15) is 18.3 Å². The van der Waals surface area contributed by atoms with Gasteiger partial charge in [0, 0.05) is 29.6 Å². The van der Waals surface area contributed by atoms with Gasteiger partial charge in [-0.2, -0.15) is 0 Å². The molecule has 0 spiro atoms. The number of aliphatic imine (C=N–C) groups is 2. The Morgan fingerprint density at radius 3 is 2.63 bits per heavy atom. The fraction of sp³-hybridized carbons (Fsp3) is 0.100. The summed E-state index contributed by atoms with van der Waals surface area (Å²) in [6, 6.07) is 4.90. The van der Waals surface area contributed by atoms with Crippen LogP contribution in [0.1, 0.15) is 20.7 Å². The highest BCUT2D eigenvalue weighted by molar-refractivity contribution is 6.13. The van der Waals surface area contributed by atoms with Crippen LogP contribution >= 0.6 is 0 Å². The molecule has 10 heteroatoms. The summed E-state index contributed by atoms with van der Waals surface area (Å²) in [5.41, 5.74) is -2.16. The summed E-state index contributed by atoms with van der Waals surface area (Å²) in [5.74, 6) is -8.16. The maximum Gasteiger partial charge on any atom is 0.255 e. The van der Waals surface area contributed by atoms with Gasteiger partial charge in [0.15, 0.2) is 23.2 Å². The van der Waals surface area contributed by atoms with Crippen LogP contribution in [0.15, 0.2) is 52.1 Å². The first-order valence-corrected chi connectivity index (χ1v) is 8.67. The van der Waals surface area contributed by atoms with Crippen LogP contribution in [0.2, 0.25) is 0 Å². The van der Waals surface area contributed by atoms with E-state index in [0.717, 1.165) is 12.1 Å². The minimum atomic E-state index is -1.69. The van der Waals surface area contributed by atoms with E-state index in [0.29, 0.717) is 6.07 Å². The van der Waals surface area contributed by atoms with Crippen LogP contribution < -0.4 is 10.6 Å². The maximum absolute atomic E-state index is 15.0. The lowest BCUT2D eigenvalue weighted by molar-refractivity contribution is 0.101. The standard InChI is InChI=1S/C20H12F4N4O2/c21-10-3-1-2-9(4-10)20(30)28-14-5-13(22)16(23)15(17(14)24)18(29)11-7-26-19-12(11)6-25-8-27-19/h1-8,12,19,26H,(H,28,30). The predicted molar refractivity (Wildman–Crippen MR) is 100 cm³/mol. The third-order valence-corrected chi connectivity index (χ3v) is 4.63. The van der Waals surface area contributed by atoms with Crippen molar-refractivity contribution in [2.75, 3.05) is 5.32 Å². The first-order chi connectivity index (χ1) is 14.4. The number of nitrogens with one attached hydrogen (secondary N) is 2. The molecule has 0 radical (unpaired) electrons. The Kier molecular flexibility index (Phi) is 4.90. The lowest BCUT2D eigenvalue weighted by Crippen LogP contribution is -2.30. The van der Waals surface area contributed by atoms with E-state index in [1.165, 1.54) is 30.9 Å². The van der Waals surface area contributed by atoms with Crippen LogP contribution in [-0.2, 0) is 0 Å². The zero-order chi connectivity index (χ0) is 21.4. The van der Waals surface area contributed by atoms with Crippen LogP contribution in [0.3, 0.4) is 0 Å². The third kappa shape index (κ3) is 3.36. The Balaban J connectivity index is 1.69. The number of anilines is 1. The highest BCUT2D eigenvalue weighted by atomic mass is 19.2. The Bertz CT molecular complexity index is 1160. The average molecular weight is 416 g/mol. The fourth-order valence-electron chi connectivity index (χ4n) is 3.16. The van der Waals surface area contributed by atoms with Crippen molar-refractivity contribution in [3.63, 3.8) is 0 Å². The quantitative estimate of drug-likeness (QED) is 0.456. The Morgan fingerprint density at radius 2 is 1.87 bits per heavy atom. The van der Waals surface area contributed by atoms with Crippen molar-refractivity contribution in [2.45, 2.75) is 6.17 Å². The van der Waals surface area contributed by atoms with Gasteiger partial charge in [-0.05, 0) is 18.2 Å². The summed E-state index contributed by atoms with van der Waals surface area (Å²) in [6.45, 7) is 0. The van der Waals surface area contributed by atoms with Crippen molar-refractivity contribution in [1.82, 2.24) is 5.32 Å². The molecule has 0 saturated heterocycles. The highest BCUT2D eigenvalue weighted by Crippen LogP contribution is 2.31. The summed E-state index contributed by atoms with van der Waals surface area (Å²) >= 11 is 0. The lowest BCUT2D eigenvalue weighted by atomic mass is 9.92. The molecule has 0 saturated carbocycles. The number of nitrogens with zero attached hydrogens (tertiary/aromatic N) is 2. The van der Waals surface area contributed by atoms with E-state index < -0.39 is 58.3 Å². The number of carbonyl (C=O) groups is 2. The van der Waals surface area contributed by atoms with Gasteiger partial charge in [0.05, 0.1) is 17.2 Å². The molecular weight excluding hydrogens is 404 g/mol. The Morgan fingerprint density at radius 1 is 1.07 bits per heavy atom. The molecular formula is C20H12F4N4O2. The SMILES string of the molecule is O=C(Nc1cc(F)c(F)c(C(=O)C2=CNC3N=CN=CC23)c1F)c1cccc(F)c1. The molecule has 30 heavy (non-hydrogen) atoms. The second-order valence-electron chi connectivity index (χ2n) is 6.50. The van der Waals surface area contributed by atoms with Crippen molar-refractivity contribution < 1.29 is 27.2 Å². The van der Waals surface area contributed by atoms with Gasteiger partial charge < -0.3 is 10.6 Å². The maximum atomic E-state index is 15.0. The first kappa shape index (κ1) is 19.5. The van der Waals surface area contributed by atoms with Crippen molar-refractivity contribution in [3.8, 4) is 0 Å². The molecule has 1 amide bonds. The van der Waals surface area contributed by atoms with Crippen LogP contribution in [0.4, 0.5) is 23.2 Å². The van der Waals surface area contributed by atoms with Gasteiger partial charge in [-0.1, -0.05) is 6.07 Å². The van der Waals surface area contributed by atoms with Gasteiger partial charge in [-0.3, -0.25) is 9.59 Å². The minimum absolute atomic E-state index is 0.0635. The third-order valence-electron chi connectivity index (χ3n) is 4.63. The van der Waals surface area contributed by atoms with Crippen LogP contribution in [0.25, 0.3) is 0 Å². The molecule has 2 aromatic rings. The van der Waals surface area contributed by atoms with Crippen molar-refractivity contribution >= 4 is 29.9 Å². The van der Waals surface area contributed by atoms with E-state index in [9.17, 15) is 27.2 Å². The van der Waals surface area contributed by atoms with E-state index in [4.69, 9.17) is 0 Å². The van der Waals surface area contributed by atoms with E-state index in [-0.39, 0.29) is 11.1 Å². The highest BCUT2D eigenvalue weighted by Gasteiger charge is 2.37. The number of rotatable bonds is 4. The summed E-state index contributed by atoms with van der Waals surface area (Å²) in [4.78, 5) is 32.9. The smallest absolute Gasteiger partial charge is 0.255 e. The van der Waals surface area contributed by atoms with Gasteiger partial charge in [0.25, 0.3) is 5.91 Å². The molecule has 2 unspecified atom stereocenters. The van der Waals surface area contributed by atoms with Crippen LogP contribution in [-0.4, -0.2) is 30.4 Å². The van der Waals surface area contributed by atoms with Crippen molar-refractivity contribution in [3.05, 3.63) is 76.5 Å². The minimum Gasteiger partial charge on any atom is -0.369 e. The fourth-order valence-corrected chi connectivity index (χ4v) is 3.16. The molecule has 0 fully saturated rings. The van der Waals surface area contributed by atoms with Crippen molar-refractivity contribution in [1.29, 1.82) is 0 Å². The largest absolute Gasteiger partial charge is 0.369 e. The normalized spacial score (nSPS) is 19.1. The molecule has 2 aliphatic heterocycles. The first-order valence-electron chi connectivity index (χ1n) is 8.67. The predicted octanol–water partition coefficient (Wildman–Crippen LogP) is 3.22. The number of Topliss-reactive ketones (excluding diaryl/α,β-unsaturated/α-hetero) is 1. The second-order valence-corrected chi connectivity index (χ2v) is 6.50. The van der Waals surface area contributed by atoms with Gasteiger partial charge >= 0.3 is 0 Å². The van der Waals surface area contributed by atoms with E-state index in [1.807, 2.05) is 5.32 Å². The number of carbonyl (C=O) groups excluding carboxylic acids is 2. The molecule has 0 aliphatic carbocycles. The van der Waals surface area contributed by atoms with E-state index >= 15 is 0 Å². The molecule has 0 aromatic heterocycles. The number of amides is 1. The summed E-state index contributed by atoms with van der Waals surface area (Å²) in [5, 5.41) is 4.81. The number of hydrogen-bond acceptors (Lipinski definition) is 5. The average Bonchev–Trinajstić information content (AvgIpc) is 3.16. The molecule has 4 rings (SSSR count). The zero-order valence-corrected chi connectivity index (χ0v) is 15.0. The molecule has 0 bridgehead atoms. The summed E-state index contributed by atoms with van der Waals surface area (Å²) < 4.78 is 56.8. The summed E-state index contributed by atoms with van der Waals surface area (Å²) in [7, 11) is 0. The Labute approximate surface area is 167 Å². The monoisotopic (exact) mass is 416 g/mol. The lowest BCUT2D eigenvalue weighted by Gasteiger charge is -2.17. The van der Waals surface area contributed by atoms with Crippen LogP contribution in [0, 0.1) is 29.2 Å². The van der Waals surface area contributed by atoms with Crippen LogP contribution in [0.5, 0.6) is 0 Å². The number of benzene rings is 2. The van der Waals surface area contributed by atoms with E-state index in [1.54, 1.807) is 0 Å². The molecule has 2 aliphatic rings. The van der Waals surface area contributed by atoms with Gasteiger partial charge in [-0.15, -0.1) is 0 Å². The second kappa shape index (κ2) is 7.54. The molecule has 2 aromatic carbocycles. The van der Waals surface area contributed by atoms with Gasteiger partial charge in [-0.25, -0.2) is 27.5 Å². The zero-order valence-electron chi connectivity index (χ0n) is 15.0. The number of ketones is 1. The number of halogens is 4.